The van der Waals surface area contributed by atoms with E-state index in [4.69, 9.17) is 16.3 Å². The van der Waals surface area contributed by atoms with E-state index in [-0.39, 0.29) is 11.7 Å². The van der Waals surface area contributed by atoms with Crippen LogP contribution in [0, 0.1) is 16.0 Å². The highest BCUT2D eigenvalue weighted by Crippen LogP contribution is 2.17. The maximum atomic E-state index is 10.8. The first-order valence-electron chi connectivity index (χ1n) is 9.62. The number of halogens is 1. The van der Waals surface area contributed by atoms with Gasteiger partial charge in [-0.15, -0.1) is 0 Å². The minimum atomic E-state index is -0.404. The fourth-order valence-corrected chi connectivity index (χ4v) is 3.20. The summed E-state index contributed by atoms with van der Waals surface area (Å²) < 4.78 is 5.44. The number of nitrogens with one attached hydrogen (secondary N) is 2. The molecule has 2 aromatic carbocycles. The molecule has 1 heterocycles. The molecule has 1 saturated heterocycles. The van der Waals surface area contributed by atoms with Crippen molar-refractivity contribution in [3.05, 3.63) is 74.8 Å². The van der Waals surface area contributed by atoms with E-state index in [0.29, 0.717) is 23.4 Å². The Hall–Kier alpha value is -2.64. The van der Waals surface area contributed by atoms with E-state index in [1.165, 1.54) is 12.1 Å². The third kappa shape index (κ3) is 6.44. The van der Waals surface area contributed by atoms with Crippen molar-refractivity contribution in [2.45, 2.75) is 25.9 Å². The van der Waals surface area contributed by atoms with Gasteiger partial charge in [0.1, 0.15) is 0 Å². The van der Waals surface area contributed by atoms with E-state index in [1.54, 1.807) is 12.1 Å². The maximum absolute atomic E-state index is 10.8. The first-order valence-corrected chi connectivity index (χ1v) is 10.0. The van der Waals surface area contributed by atoms with Crippen LogP contribution in [0.1, 0.15) is 30.5 Å². The maximum Gasteiger partial charge on any atom is 0.269 e. The van der Waals surface area contributed by atoms with Crippen molar-refractivity contribution in [2.24, 2.45) is 10.9 Å². The molecule has 0 aromatic heterocycles. The lowest BCUT2D eigenvalue weighted by atomic mass is 10.1. The molecule has 0 bridgehead atoms. The number of hydrogen-bond acceptors (Lipinski definition) is 4. The van der Waals surface area contributed by atoms with E-state index in [9.17, 15) is 10.1 Å². The Morgan fingerprint density at radius 1 is 1.28 bits per heavy atom. The average Bonchev–Trinajstić information content (AvgIpc) is 3.24. The topological polar surface area (TPSA) is 88.8 Å². The SMILES string of the molecule is CC(NC(=NCc1ccc([N+](=O)[O-])cc1)NCC1CCOC1)c1ccc(Cl)cc1. The number of rotatable bonds is 7. The highest BCUT2D eigenvalue weighted by molar-refractivity contribution is 6.30. The molecule has 2 aromatic rings. The highest BCUT2D eigenvalue weighted by Gasteiger charge is 2.16. The van der Waals surface area contributed by atoms with Crippen LogP contribution in [0.3, 0.4) is 0 Å². The second kappa shape index (κ2) is 10.2. The number of hydrogen-bond donors (Lipinski definition) is 2. The van der Waals surface area contributed by atoms with Gasteiger partial charge in [0, 0.05) is 36.2 Å². The molecule has 154 valence electrons. The van der Waals surface area contributed by atoms with Gasteiger partial charge in [0.2, 0.25) is 0 Å². The predicted molar refractivity (Wildman–Crippen MR) is 114 cm³/mol. The number of aliphatic imine (C=N–C) groups is 1. The van der Waals surface area contributed by atoms with E-state index < -0.39 is 4.92 Å². The highest BCUT2D eigenvalue weighted by atomic mass is 35.5. The summed E-state index contributed by atoms with van der Waals surface area (Å²) in [6.45, 7) is 4.82. The Morgan fingerprint density at radius 3 is 2.62 bits per heavy atom. The van der Waals surface area contributed by atoms with Crippen LogP contribution in [0.2, 0.25) is 5.02 Å². The van der Waals surface area contributed by atoms with Gasteiger partial charge in [0.15, 0.2) is 5.96 Å². The summed E-state index contributed by atoms with van der Waals surface area (Å²) in [4.78, 5) is 15.1. The number of guanidine groups is 1. The molecule has 1 aliphatic rings. The van der Waals surface area contributed by atoms with Crippen molar-refractivity contribution in [1.29, 1.82) is 0 Å². The molecule has 7 nitrogen and oxygen atoms in total. The molecule has 1 fully saturated rings. The van der Waals surface area contributed by atoms with E-state index in [2.05, 4.69) is 22.5 Å². The summed E-state index contributed by atoms with van der Waals surface area (Å²) in [5.41, 5.74) is 2.08. The molecular formula is C21H25ClN4O3. The minimum Gasteiger partial charge on any atom is -0.381 e. The van der Waals surface area contributed by atoms with Crippen LogP contribution in [-0.2, 0) is 11.3 Å². The summed E-state index contributed by atoms with van der Waals surface area (Å²) in [6.07, 6.45) is 1.04. The van der Waals surface area contributed by atoms with Crippen LogP contribution in [0.15, 0.2) is 53.5 Å². The smallest absolute Gasteiger partial charge is 0.269 e. The number of nitro benzene ring substituents is 1. The molecule has 0 saturated carbocycles. The summed E-state index contributed by atoms with van der Waals surface area (Å²) in [5.74, 6) is 1.16. The molecule has 0 amide bonds. The average molecular weight is 417 g/mol. The van der Waals surface area contributed by atoms with Gasteiger partial charge in [-0.3, -0.25) is 10.1 Å². The fraction of sp³-hybridized carbons (Fsp3) is 0.381. The fourth-order valence-electron chi connectivity index (χ4n) is 3.07. The van der Waals surface area contributed by atoms with Crippen LogP contribution in [0.5, 0.6) is 0 Å². The van der Waals surface area contributed by atoms with Crippen molar-refractivity contribution in [2.75, 3.05) is 19.8 Å². The molecule has 2 unspecified atom stereocenters. The minimum absolute atomic E-state index is 0.0372. The van der Waals surface area contributed by atoms with Crippen LogP contribution in [0.25, 0.3) is 0 Å². The first kappa shape index (κ1) is 21.1. The van der Waals surface area contributed by atoms with E-state index >= 15 is 0 Å². The van der Waals surface area contributed by atoms with Crippen molar-refractivity contribution in [3.63, 3.8) is 0 Å². The van der Waals surface area contributed by atoms with Gasteiger partial charge in [0.25, 0.3) is 5.69 Å². The summed E-state index contributed by atoms with van der Waals surface area (Å²) in [6, 6.07) is 14.2. The second-order valence-corrected chi connectivity index (χ2v) is 7.55. The first-order chi connectivity index (χ1) is 14.0. The molecule has 29 heavy (non-hydrogen) atoms. The third-order valence-corrected chi connectivity index (χ3v) is 5.12. The Morgan fingerprint density at radius 2 is 2.00 bits per heavy atom. The number of nitro groups is 1. The third-order valence-electron chi connectivity index (χ3n) is 4.87. The van der Waals surface area contributed by atoms with Gasteiger partial charge in [-0.2, -0.15) is 0 Å². The standard InChI is InChI=1S/C21H25ClN4O3/c1-15(18-4-6-19(22)7-5-18)25-21(24-13-17-10-11-29-14-17)23-12-16-2-8-20(9-3-16)26(27)28/h2-9,15,17H,10-14H2,1H3,(H2,23,24,25). The summed E-state index contributed by atoms with van der Waals surface area (Å²) in [5, 5.41) is 18.3. The zero-order valence-electron chi connectivity index (χ0n) is 16.3. The monoisotopic (exact) mass is 416 g/mol. The molecule has 0 spiro atoms. The van der Waals surface area contributed by atoms with Gasteiger partial charge in [-0.05, 0) is 36.6 Å². The molecule has 2 atom stereocenters. The molecule has 3 rings (SSSR count). The quantitative estimate of drug-likeness (QED) is 0.307. The van der Waals surface area contributed by atoms with Crippen molar-refractivity contribution >= 4 is 23.2 Å². The van der Waals surface area contributed by atoms with Gasteiger partial charge >= 0.3 is 0 Å². The predicted octanol–water partition coefficient (Wildman–Crippen LogP) is 4.08. The molecule has 8 heteroatoms. The molecule has 2 N–H and O–H groups in total. The van der Waals surface area contributed by atoms with Crippen molar-refractivity contribution in [1.82, 2.24) is 10.6 Å². The van der Waals surface area contributed by atoms with Crippen LogP contribution in [-0.4, -0.2) is 30.6 Å². The van der Waals surface area contributed by atoms with E-state index in [1.807, 2.05) is 24.3 Å². The van der Waals surface area contributed by atoms with Gasteiger partial charge in [0.05, 0.1) is 24.1 Å². The lowest BCUT2D eigenvalue weighted by Gasteiger charge is -2.20. The Balaban J connectivity index is 1.67. The van der Waals surface area contributed by atoms with Crippen LogP contribution >= 0.6 is 11.6 Å². The summed E-state index contributed by atoms with van der Waals surface area (Å²) in [7, 11) is 0. The molecule has 0 aliphatic carbocycles. The Bertz CT molecular complexity index is 834. The normalized spacial score (nSPS) is 17.7. The largest absolute Gasteiger partial charge is 0.381 e. The number of benzene rings is 2. The van der Waals surface area contributed by atoms with E-state index in [0.717, 1.165) is 37.3 Å². The zero-order chi connectivity index (χ0) is 20.6. The van der Waals surface area contributed by atoms with Gasteiger partial charge < -0.3 is 15.4 Å². The molecule has 1 aliphatic heterocycles. The van der Waals surface area contributed by atoms with Gasteiger partial charge in [-0.1, -0.05) is 35.9 Å². The van der Waals surface area contributed by atoms with Crippen LogP contribution in [0.4, 0.5) is 5.69 Å². The molecular weight excluding hydrogens is 392 g/mol. The molecule has 0 radical (unpaired) electrons. The lowest BCUT2D eigenvalue weighted by Crippen LogP contribution is -2.41. The summed E-state index contributed by atoms with van der Waals surface area (Å²) >= 11 is 5.98. The number of nitrogens with zero attached hydrogens (tertiary/aromatic N) is 2. The van der Waals surface area contributed by atoms with Crippen molar-refractivity contribution < 1.29 is 9.66 Å². The second-order valence-electron chi connectivity index (χ2n) is 7.12. The van der Waals surface area contributed by atoms with Gasteiger partial charge in [-0.25, -0.2) is 4.99 Å². The lowest BCUT2D eigenvalue weighted by molar-refractivity contribution is -0.384. The Kier molecular flexibility index (Phi) is 7.43. The Labute approximate surface area is 175 Å². The zero-order valence-corrected chi connectivity index (χ0v) is 17.1. The van der Waals surface area contributed by atoms with Crippen molar-refractivity contribution in [3.8, 4) is 0 Å². The number of ether oxygens (including phenoxy) is 1. The van der Waals surface area contributed by atoms with Crippen LogP contribution < -0.4 is 10.6 Å². The number of non-ortho nitro benzene ring substituents is 1.